The second kappa shape index (κ2) is 8.13. The molecule has 4 nitrogen and oxygen atoms in total. The molecule has 0 heterocycles. The van der Waals surface area contributed by atoms with E-state index in [9.17, 15) is 9.59 Å². The Morgan fingerprint density at radius 1 is 1.13 bits per heavy atom. The highest BCUT2D eigenvalue weighted by Gasteiger charge is 2.12. The molecule has 0 aliphatic heterocycles. The van der Waals surface area contributed by atoms with E-state index in [0.29, 0.717) is 22.0 Å². The van der Waals surface area contributed by atoms with E-state index >= 15 is 0 Å². The summed E-state index contributed by atoms with van der Waals surface area (Å²) >= 11 is 9.23. The number of benzene rings is 2. The largest absolute Gasteiger partial charge is 0.495 e. The SMILES string of the molecule is COc1ccc(Cl)cc1NC(=O)CCC(=O)c1ccc(Br)cc1. The summed E-state index contributed by atoms with van der Waals surface area (Å²) in [5.74, 6) is 0.170. The molecule has 120 valence electrons. The maximum Gasteiger partial charge on any atom is 0.224 e. The molecular formula is C17H15BrClNO3. The van der Waals surface area contributed by atoms with Crippen LogP contribution in [0.5, 0.6) is 5.75 Å². The van der Waals surface area contributed by atoms with Crippen molar-refractivity contribution >= 4 is 44.9 Å². The van der Waals surface area contributed by atoms with Crippen molar-refractivity contribution in [3.63, 3.8) is 0 Å². The number of ether oxygens (including phenoxy) is 1. The number of amides is 1. The summed E-state index contributed by atoms with van der Waals surface area (Å²) in [7, 11) is 1.51. The summed E-state index contributed by atoms with van der Waals surface area (Å²) in [5.41, 5.74) is 1.07. The number of carbonyl (C=O) groups excluding carboxylic acids is 2. The fourth-order valence-corrected chi connectivity index (χ4v) is 2.43. The summed E-state index contributed by atoms with van der Waals surface area (Å²) in [6.07, 6.45) is 0.223. The van der Waals surface area contributed by atoms with Gasteiger partial charge in [0.15, 0.2) is 5.78 Å². The Morgan fingerprint density at radius 3 is 2.48 bits per heavy atom. The van der Waals surface area contributed by atoms with E-state index in [-0.39, 0.29) is 24.5 Å². The van der Waals surface area contributed by atoms with E-state index < -0.39 is 0 Å². The maximum absolute atomic E-state index is 12.0. The molecule has 0 aromatic heterocycles. The second-order valence-corrected chi connectivity index (χ2v) is 6.17. The average molecular weight is 397 g/mol. The Labute approximate surface area is 147 Å². The Hall–Kier alpha value is -1.85. The van der Waals surface area contributed by atoms with E-state index in [1.807, 2.05) is 0 Å². The molecule has 1 N–H and O–H groups in total. The van der Waals surface area contributed by atoms with Gasteiger partial charge in [0.2, 0.25) is 5.91 Å². The molecule has 0 spiro atoms. The smallest absolute Gasteiger partial charge is 0.224 e. The first kappa shape index (κ1) is 17.5. The van der Waals surface area contributed by atoms with Crippen LogP contribution < -0.4 is 10.1 Å². The van der Waals surface area contributed by atoms with Gasteiger partial charge in [-0.15, -0.1) is 0 Å². The topological polar surface area (TPSA) is 55.4 Å². The number of nitrogens with one attached hydrogen (secondary N) is 1. The fourth-order valence-electron chi connectivity index (χ4n) is 2.00. The predicted molar refractivity (Wildman–Crippen MR) is 94.3 cm³/mol. The van der Waals surface area contributed by atoms with Gasteiger partial charge in [-0.2, -0.15) is 0 Å². The summed E-state index contributed by atoms with van der Waals surface area (Å²) in [4.78, 5) is 24.1. The number of halogens is 2. The molecule has 0 saturated carbocycles. The van der Waals surface area contributed by atoms with Crippen LogP contribution in [-0.4, -0.2) is 18.8 Å². The van der Waals surface area contributed by atoms with Crippen LogP contribution in [0.25, 0.3) is 0 Å². The molecule has 6 heteroatoms. The zero-order chi connectivity index (χ0) is 16.8. The highest BCUT2D eigenvalue weighted by atomic mass is 79.9. The quantitative estimate of drug-likeness (QED) is 0.719. The third kappa shape index (κ3) is 5.08. The van der Waals surface area contributed by atoms with E-state index in [1.54, 1.807) is 42.5 Å². The van der Waals surface area contributed by atoms with Gasteiger partial charge >= 0.3 is 0 Å². The summed E-state index contributed by atoms with van der Waals surface area (Å²) in [6, 6.07) is 12.0. The van der Waals surface area contributed by atoms with Gasteiger partial charge < -0.3 is 10.1 Å². The molecular weight excluding hydrogens is 382 g/mol. The van der Waals surface area contributed by atoms with Gasteiger partial charge in [-0.25, -0.2) is 0 Å². The van der Waals surface area contributed by atoms with Crippen molar-refractivity contribution in [2.24, 2.45) is 0 Å². The van der Waals surface area contributed by atoms with Gasteiger partial charge in [0.25, 0.3) is 0 Å². The molecule has 1 amide bonds. The lowest BCUT2D eigenvalue weighted by Gasteiger charge is -2.10. The van der Waals surface area contributed by atoms with Crippen molar-refractivity contribution in [2.75, 3.05) is 12.4 Å². The van der Waals surface area contributed by atoms with Crippen molar-refractivity contribution in [3.05, 3.63) is 57.5 Å². The summed E-state index contributed by atoms with van der Waals surface area (Å²) in [6.45, 7) is 0. The van der Waals surface area contributed by atoms with Crippen LogP contribution in [0.4, 0.5) is 5.69 Å². The molecule has 0 saturated heterocycles. The van der Waals surface area contributed by atoms with Crippen LogP contribution in [0, 0.1) is 0 Å². The molecule has 0 aliphatic carbocycles. The first-order valence-electron chi connectivity index (χ1n) is 6.92. The van der Waals surface area contributed by atoms with E-state index in [0.717, 1.165) is 4.47 Å². The zero-order valence-electron chi connectivity index (χ0n) is 12.4. The number of ketones is 1. The number of methoxy groups -OCH3 is 1. The second-order valence-electron chi connectivity index (χ2n) is 4.82. The maximum atomic E-state index is 12.0. The van der Waals surface area contributed by atoms with Crippen LogP contribution in [0.3, 0.4) is 0 Å². The van der Waals surface area contributed by atoms with Crippen LogP contribution in [-0.2, 0) is 4.79 Å². The molecule has 0 bridgehead atoms. The van der Waals surface area contributed by atoms with Crippen molar-refractivity contribution in [1.82, 2.24) is 0 Å². The highest BCUT2D eigenvalue weighted by molar-refractivity contribution is 9.10. The lowest BCUT2D eigenvalue weighted by atomic mass is 10.1. The number of hydrogen-bond donors (Lipinski definition) is 1. The minimum absolute atomic E-state index is 0.0780. The van der Waals surface area contributed by atoms with Gasteiger partial charge in [0.1, 0.15) is 5.75 Å². The van der Waals surface area contributed by atoms with Crippen LogP contribution in [0.1, 0.15) is 23.2 Å². The number of carbonyl (C=O) groups is 2. The van der Waals surface area contributed by atoms with Gasteiger partial charge in [-0.3, -0.25) is 9.59 Å². The van der Waals surface area contributed by atoms with E-state index in [4.69, 9.17) is 16.3 Å². The molecule has 2 rings (SSSR count). The lowest BCUT2D eigenvalue weighted by Crippen LogP contribution is -2.14. The molecule has 0 unspecified atom stereocenters. The van der Waals surface area contributed by atoms with Gasteiger partial charge in [0, 0.05) is 27.9 Å². The number of Topliss-reactive ketones (excluding diaryl/α,β-unsaturated/α-hetero) is 1. The molecule has 0 aliphatic rings. The van der Waals surface area contributed by atoms with Crippen molar-refractivity contribution in [1.29, 1.82) is 0 Å². The molecule has 2 aromatic rings. The summed E-state index contributed by atoms with van der Waals surface area (Å²) < 4.78 is 6.07. The van der Waals surface area contributed by atoms with E-state index in [2.05, 4.69) is 21.2 Å². The number of rotatable bonds is 6. The third-order valence-corrected chi connectivity index (χ3v) is 3.94. The Morgan fingerprint density at radius 2 is 1.83 bits per heavy atom. The van der Waals surface area contributed by atoms with E-state index in [1.165, 1.54) is 7.11 Å². The summed E-state index contributed by atoms with van der Waals surface area (Å²) in [5, 5.41) is 3.20. The Balaban J connectivity index is 1.94. The molecule has 0 atom stereocenters. The lowest BCUT2D eigenvalue weighted by molar-refractivity contribution is -0.116. The number of hydrogen-bond acceptors (Lipinski definition) is 3. The van der Waals surface area contributed by atoms with Gasteiger partial charge in [0.05, 0.1) is 12.8 Å². The Bertz CT molecular complexity index is 716. The average Bonchev–Trinajstić information content (AvgIpc) is 2.53. The first-order valence-corrected chi connectivity index (χ1v) is 8.09. The third-order valence-electron chi connectivity index (χ3n) is 3.18. The molecule has 0 radical (unpaired) electrons. The standard InChI is InChI=1S/C17H15BrClNO3/c1-23-16-8-6-13(19)10-14(16)20-17(22)9-7-15(21)11-2-4-12(18)5-3-11/h2-6,8,10H,7,9H2,1H3,(H,20,22). The monoisotopic (exact) mass is 395 g/mol. The molecule has 2 aromatic carbocycles. The van der Waals surface area contributed by atoms with Crippen molar-refractivity contribution in [2.45, 2.75) is 12.8 Å². The van der Waals surface area contributed by atoms with Gasteiger partial charge in [-0.1, -0.05) is 39.7 Å². The molecule has 23 heavy (non-hydrogen) atoms. The van der Waals surface area contributed by atoms with Crippen LogP contribution in [0.15, 0.2) is 46.9 Å². The normalized spacial score (nSPS) is 10.2. The highest BCUT2D eigenvalue weighted by Crippen LogP contribution is 2.27. The van der Waals surface area contributed by atoms with Crippen LogP contribution in [0.2, 0.25) is 5.02 Å². The van der Waals surface area contributed by atoms with Crippen molar-refractivity contribution in [3.8, 4) is 5.75 Å². The van der Waals surface area contributed by atoms with Crippen LogP contribution >= 0.6 is 27.5 Å². The van der Waals surface area contributed by atoms with Crippen molar-refractivity contribution < 1.29 is 14.3 Å². The zero-order valence-corrected chi connectivity index (χ0v) is 14.8. The minimum atomic E-state index is -0.268. The molecule has 0 fully saturated rings. The Kier molecular flexibility index (Phi) is 6.19. The number of anilines is 1. The minimum Gasteiger partial charge on any atom is -0.495 e. The predicted octanol–water partition coefficient (Wildman–Crippen LogP) is 4.71. The van der Waals surface area contributed by atoms with Gasteiger partial charge in [-0.05, 0) is 30.3 Å². The first-order chi connectivity index (χ1) is 11.0. The fraction of sp³-hybridized carbons (Fsp3) is 0.176.